The Morgan fingerprint density at radius 3 is 2.46 bits per heavy atom. The van der Waals surface area contributed by atoms with Crippen LogP contribution < -0.4 is 20.7 Å². The number of methoxy groups -OCH3 is 1. The number of anilines is 2. The third kappa shape index (κ3) is 8.03. The first-order valence-electron chi connectivity index (χ1n) is 18.4. The van der Waals surface area contributed by atoms with E-state index in [0.717, 1.165) is 39.6 Å². The van der Waals surface area contributed by atoms with E-state index in [1.54, 1.807) is 36.2 Å². The van der Waals surface area contributed by atoms with Gasteiger partial charge in [-0.1, -0.05) is 12.1 Å². The Morgan fingerprint density at radius 1 is 0.982 bits per heavy atom. The maximum absolute atomic E-state index is 13.4. The molecule has 7 rings (SSSR count). The van der Waals surface area contributed by atoms with Crippen molar-refractivity contribution in [2.45, 2.75) is 63.1 Å². The molecule has 3 N–H and O–H groups in total. The number of hydrogen-bond acceptors (Lipinski definition) is 11. The lowest BCUT2D eigenvalue weighted by molar-refractivity contribution is -0.141. The summed E-state index contributed by atoms with van der Waals surface area (Å²) in [6.45, 7) is 0.870. The average Bonchev–Trinajstić information content (AvgIpc) is 3.73. The maximum Gasteiger partial charge on any atom is 0.433 e. The summed E-state index contributed by atoms with van der Waals surface area (Å²) < 4.78 is 45.7. The highest BCUT2D eigenvalue weighted by Gasteiger charge is 2.45. The number of thiazole rings is 1. The molecular formula is C39H38F3N7O7S. The van der Waals surface area contributed by atoms with Crippen molar-refractivity contribution in [1.82, 2.24) is 25.1 Å². The Morgan fingerprint density at radius 2 is 1.74 bits per heavy atom. The second-order valence-electron chi connectivity index (χ2n) is 14.2. The van der Waals surface area contributed by atoms with Crippen LogP contribution in [0.5, 0.6) is 5.75 Å². The molecule has 14 nitrogen and oxygen atoms in total. The van der Waals surface area contributed by atoms with Crippen LogP contribution in [0.3, 0.4) is 0 Å². The second kappa shape index (κ2) is 15.9. The SMILES string of the molecule is COc1cc2nc(C3CCC(C(=O)N(C)CCCNc4cccc5c4C(=O)N(C4CCC(=O)NC4=O)C5=O)CC3)sc2cc1NC(=O)c1cccc(C(F)(F)F)n1. The molecule has 1 aliphatic carbocycles. The zero-order valence-corrected chi connectivity index (χ0v) is 31.7. The molecule has 1 saturated carbocycles. The van der Waals surface area contributed by atoms with Crippen LogP contribution in [0.1, 0.15) is 92.8 Å². The number of carbonyl (C=O) groups is 6. The van der Waals surface area contributed by atoms with Gasteiger partial charge in [-0.05, 0) is 68.9 Å². The highest BCUT2D eigenvalue weighted by molar-refractivity contribution is 7.18. The summed E-state index contributed by atoms with van der Waals surface area (Å²) in [5, 5.41) is 8.90. The first kappa shape index (κ1) is 39.3. The van der Waals surface area contributed by atoms with Gasteiger partial charge in [0, 0.05) is 50.1 Å². The van der Waals surface area contributed by atoms with Gasteiger partial charge in [-0.2, -0.15) is 13.2 Å². The van der Waals surface area contributed by atoms with Crippen molar-refractivity contribution in [3.8, 4) is 5.75 Å². The van der Waals surface area contributed by atoms with Gasteiger partial charge >= 0.3 is 6.18 Å². The molecule has 4 heterocycles. The van der Waals surface area contributed by atoms with Crippen molar-refractivity contribution in [3.05, 3.63) is 76.1 Å². The molecule has 1 atom stereocenters. The number of imide groups is 2. The molecule has 1 saturated heterocycles. The number of pyridine rings is 1. The number of rotatable bonds is 11. The minimum atomic E-state index is -4.69. The Labute approximate surface area is 328 Å². The molecule has 3 aliphatic rings. The largest absolute Gasteiger partial charge is 0.494 e. The number of halogens is 3. The minimum absolute atomic E-state index is 0.0333. The Hall–Kier alpha value is -5.91. The van der Waals surface area contributed by atoms with Crippen LogP contribution in [-0.4, -0.2) is 88.5 Å². The molecule has 1 unspecified atom stereocenters. The van der Waals surface area contributed by atoms with Crippen molar-refractivity contribution in [2.75, 3.05) is 37.9 Å². The molecule has 2 aromatic heterocycles. The number of benzene rings is 2. The minimum Gasteiger partial charge on any atom is -0.494 e. The van der Waals surface area contributed by atoms with Gasteiger partial charge in [-0.25, -0.2) is 9.97 Å². The van der Waals surface area contributed by atoms with Crippen LogP contribution in [0.4, 0.5) is 24.5 Å². The molecule has 18 heteroatoms. The number of piperidine rings is 1. The van der Waals surface area contributed by atoms with E-state index in [2.05, 4.69) is 20.9 Å². The Balaban J connectivity index is 0.908. The molecule has 2 aliphatic heterocycles. The zero-order chi connectivity index (χ0) is 40.6. The quantitative estimate of drug-likeness (QED) is 0.128. The summed E-state index contributed by atoms with van der Waals surface area (Å²) in [7, 11) is 3.17. The summed E-state index contributed by atoms with van der Waals surface area (Å²) >= 11 is 1.45. The van der Waals surface area contributed by atoms with Gasteiger partial charge < -0.3 is 20.3 Å². The van der Waals surface area contributed by atoms with E-state index in [-0.39, 0.29) is 47.4 Å². The van der Waals surface area contributed by atoms with Crippen molar-refractivity contribution < 1.29 is 46.7 Å². The molecule has 0 radical (unpaired) electrons. The third-order valence-electron chi connectivity index (χ3n) is 10.5. The summed E-state index contributed by atoms with van der Waals surface area (Å²) in [5.74, 6) is -2.81. The van der Waals surface area contributed by atoms with Crippen LogP contribution in [-0.2, 0) is 20.6 Å². The number of aromatic nitrogens is 2. The van der Waals surface area contributed by atoms with Crippen molar-refractivity contribution >= 4 is 68.4 Å². The van der Waals surface area contributed by atoms with Gasteiger partial charge in [0.15, 0.2) is 0 Å². The molecule has 0 bridgehead atoms. The number of alkyl halides is 3. The van der Waals surface area contributed by atoms with Crippen molar-refractivity contribution in [3.63, 3.8) is 0 Å². The normalized spacial score (nSPS) is 19.7. The monoisotopic (exact) mass is 805 g/mol. The van der Waals surface area contributed by atoms with Crippen molar-refractivity contribution in [1.29, 1.82) is 0 Å². The fraction of sp³-hybridized carbons (Fsp3) is 0.385. The third-order valence-corrected chi connectivity index (χ3v) is 11.7. The fourth-order valence-electron chi connectivity index (χ4n) is 7.53. The zero-order valence-electron chi connectivity index (χ0n) is 30.9. The van der Waals surface area contributed by atoms with E-state index in [0.29, 0.717) is 49.3 Å². The number of hydrogen-bond donors (Lipinski definition) is 3. The fourth-order valence-corrected chi connectivity index (χ4v) is 8.69. The Kier molecular flexibility index (Phi) is 11.0. The van der Waals surface area contributed by atoms with E-state index >= 15 is 0 Å². The van der Waals surface area contributed by atoms with Crippen LogP contribution in [0.15, 0.2) is 48.5 Å². The lowest BCUT2D eigenvalue weighted by Gasteiger charge is -2.30. The Bertz CT molecular complexity index is 2290. The van der Waals surface area contributed by atoms with E-state index in [1.807, 2.05) is 0 Å². The summed E-state index contributed by atoms with van der Waals surface area (Å²) in [4.78, 5) is 87.7. The predicted octanol–water partition coefficient (Wildman–Crippen LogP) is 5.61. The number of amides is 6. The van der Waals surface area contributed by atoms with E-state index in [9.17, 15) is 41.9 Å². The maximum atomic E-state index is 13.4. The van der Waals surface area contributed by atoms with Gasteiger partial charge in [0.2, 0.25) is 17.7 Å². The average molecular weight is 806 g/mol. The molecule has 298 valence electrons. The molecular weight excluding hydrogens is 768 g/mol. The number of fused-ring (bicyclic) bond motifs is 2. The van der Waals surface area contributed by atoms with E-state index in [1.165, 1.54) is 30.6 Å². The van der Waals surface area contributed by atoms with Crippen LogP contribution in [0.2, 0.25) is 0 Å². The highest BCUT2D eigenvalue weighted by atomic mass is 32.1. The van der Waals surface area contributed by atoms with Crippen LogP contribution in [0.25, 0.3) is 10.2 Å². The first-order valence-corrected chi connectivity index (χ1v) is 19.2. The lowest BCUT2D eigenvalue weighted by atomic mass is 9.81. The number of carbonyl (C=O) groups excluding carboxylic acids is 6. The van der Waals surface area contributed by atoms with E-state index in [4.69, 9.17) is 9.72 Å². The number of nitrogens with one attached hydrogen (secondary N) is 3. The molecule has 6 amide bonds. The number of ether oxygens (including phenoxy) is 1. The van der Waals surface area contributed by atoms with Gasteiger partial charge in [0.25, 0.3) is 17.7 Å². The molecule has 0 spiro atoms. The van der Waals surface area contributed by atoms with Crippen LogP contribution in [0, 0.1) is 5.92 Å². The van der Waals surface area contributed by atoms with E-state index < -0.39 is 53.1 Å². The van der Waals surface area contributed by atoms with Crippen molar-refractivity contribution in [2.24, 2.45) is 5.92 Å². The lowest BCUT2D eigenvalue weighted by Crippen LogP contribution is -2.54. The van der Waals surface area contributed by atoms with Gasteiger partial charge in [-0.15, -0.1) is 11.3 Å². The summed E-state index contributed by atoms with van der Waals surface area (Å²) in [5.41, 5.74) is 0.177. The highest BCUT2D eigenvalue weighted by Crippen LogP contribution is 2.42. The van der Waals surface area contributed by atoms with Crippen LogP contribution >= 0.6 is 11.3 Å². The van der Waals surface area contributed by atoms with Gasteiger partial charge in [0.1, 0.15) is 23.2 Å². The topological polar surface area (TPSA) is 180 Å². The van der Waals surface area contributed by atoms with Gasteiger partial charge in [-0.3, -0.25) is 39.0 Å². The molecule has 4 aromatic rings. The number of nitrogens with zero attached hydrogens (tertiary/aromatic N) is 4. The molecule has 2 fully saturated rings. The molecule has 57 heavy (non-hydrogen) atoms. The second-order valence-corrected chi connectivity index (χ2v) is 15.3. The summed E-state index contributed by atoms with van der Waals surface area (Å²) in [6.07, 6.45) is -1.19. The molecule has 2 aromatic carbocycles. The van der Waals surface area contributed by atoms with Gasteiger partial charge in [0.05, 0.1) is 39.1 Å². The predicted molar refractivity (Wildman–Crippen MR) is 202 cm³/mol. The smallest absolute Gasteiger partial charge is 0.433 e. The standard InChI is InChI=1S/C39H38F3N7O7S/c1-48(17-5-16-43-23-7-3-6-22-32(23)38(55)49(37(22)54)27-14-15-31(50)47-34(27)52)36(53)21-12-10-20(11-13-21)35-46-26-18-28(56-2)25(19-29(26)57-35)45-33(51)24-8-4-9-30(44-24)39(40,41)42/h3-4,6-9,18-21,27,43H,5,10-17H2,1-2H3,(H,45,51)(H,47,50,52). The summed E-state index contributed by atoms with van der Waals surface area (Å²) in [6, 6.07) is 10.3. The first-order chi connectivity index (χ1) is 27.2.